The molecule has 1 N–H and O–H groups in total. The molecule has 0 aromatic rings. The second-order valence-corrected chi connectivity index (χ2v) is 6.83. The molecule has 0 aliphatic carbocycles. The molecular weight excluding hydrogens is 286 g/mol. The quantitative estimate of drug-likeness (QED) is 0.615. The normalized spacial score (nSPS) is 12.8. The van der Waals surface area contributed by atoms with E-state index in [0.29, 0.717) is 0 Å². The number of ether oxygens (including phenoxy) is 2. The van der Waals surface area contributed by atoms with Gasteiger partial charge in [0, 0.05) is 0 Å². The summed E-state index contributed by atoms with van der Waals surface area (Å²) in [4.78, 5) is 35.5. The van der Waals surface area contributed by atoms with Crippen LogP contribution >= 0.6 is 0 Å². The van der Waals surface area contributed by atoms with Gasteiger partial charge in [0.2, 0.25) is 5.91 Å². The lowest BCUT2D eigenvalue weighted by Crippen LogP contribution is -2.46. The van der Waals surface area contributed by atoms with Gasteiger partial charge in [0.15, 0.2) is 0 Å². The summed E-state index contributed by atoms with van der Waals surface area (Å²) < 4.78 is 10.3. The fourth-order valence-electron chi connectivity index (χ4n) is 1.45. The van der Waals surface area contributed by atoms with Gasteiger partial charge in [0.1, 0.15) is 17.2 Å². The minimum absolute atomic E-state index is 0.187. The van der Waals surface area contributed by atoms with Crippen LogP contribution in [0.4, 0.5) is 0 Å². The molecule has 0 aromatic carbocycles. The second kappa shape index (κ2) is 7.83. The van der Waals surface area contributed by atoms with E-state index in [0.717, 1.165) is 0 Å². The van der Waals surface area contributed by atoms with Gasteiger partial charge in [-0.1, -0.05) is 5.92 Å². The Morgan fingerprint density at radius 1 is 1.05 bits per heavy atom. The smallest absolute Gasteiger partial charge is 0.329 e. The maximum Gasteiger partial charge on any atom is 0.329 e. The van der Waals surface area contributed by atoms with Crippen LogP contribution in [0, 0.1) is 12.3 Å². The summed E-state index contributed by atoms with van der Waals surface area (Å²) in [7, 11) is 0. The monoisotopic (exact) mass is 311 g/mol. The molecule has 0 saturated carbocycles. The number of carbonyl (C=O) groups is 3. The van der Waals surface area contributed by atoms with Crippen molar-refractivity contribution < 1.29 is 23.9 Å². The highest BCUT2D eigenvalue weighted by molar-refractivity contribution is 5.89. The summed E-state index contributed by atoms with van der Waals surface area (Å²) in [5.74, 6) is 0.333. The number of nitrogens with one attached hydrogen (secondary N) is 1. The average Bonchev–Trinajstić information content (AvgIpc) is 2.23. The van der Waals surface area contributed by atoms with E-state index in [1.165, 1.54) is 0 Å². The Labute approximate surface area is 131 Å². The third-order valence-corrected chi connectivity index (χ3v) is 2.08. The number of terminal acetylenes is 1. The predicted molar refractivity (Wildman–Crippen MR) is 81.7 cm³/mol. The lowest BCUT2D eigenvalue weighted by molar-refractivity contribution is -0.165. The van der Waals surface area contributed by atoms with Gasteiger partial charge < -0.3 is 14.8 Å². The number of hydrogen-bond donors (Lipinski definition) is 1. The highest BCUT2D eigenvalue weighted by Crippen LogP contribution is 2.13. The van der Waals surface area contributed by atoms with Crippen molar-refractivity contribution in [1.82, 2.24) is 5.32 Å². The van der Waals surface area contributed by atoms with Gasteiger partial charge in [0.25, 0.3) is 0 Å². The first-order valence-electron chi connectivity index (χ1n) is 7.01. The van der Waals surface area contributed by atoms with Gasteiger partial charge in [-0.3, -0.25) is 9.59 Å². The van der Waals surface area contributed by atoms with Crippen molar-refractivity contribution in [1.29, 1.82) is 0 Å². The SMILES string of the molecule is C#CCC(=O)NC(CC(=O)OC(C)(C)C)C(=O)OC(C)(C)C. The van der Waals surface area contributed by atoms with Crippen LogP contribution in [0.1, 0.15) is 54.4 Å². The van der Waals surface area contributed by atoms with Crippen molar-refractivity contribution >= 4 is 17.8 Å². The summed E-state index contributed by atoms with van der Waals surface area (Å²) in [6.45, 7) is 10.2. The zero-order valence-corrected chi connectivity index (χ0v) is 14.1. The van der Waals surface area contributed by atoms with Crippen LogP contribution in [0.25, 0.3) is 0 Å². The van der Waals surface area contributed by atoms with Crippen molar-refractivity contribution in [3.8, 4) is 12.3 Å². The molecule has 22 heavy (non-hydrogen) atoms. The van der Waals surface area contributed by atoms with Crippen LogP contribution in [0.2, 0.25) is 0 Å². The summed E-state index contributed by atoms with van der Waals surface area (Å²) in [6.07, 6.45) is 4.55. The summed E-state index contributed by atoms with van der Waals surface area (Å²) in [5.41, 5.74) is -1.42. The van der Waals surface area contributed by atoms with Gasteiger partial charge in [0.05, 0.1) is 12.8 Å². The van der Waals surface area contributed by atoms with Crippen LogP contribution in [0.15, 0.2) is 0 Å². The zero-order chi connectivity index (χ0) is 17.6. The molecular formula is C16H25NO5. The van der Waals surface area contributed by atoms with E-state index in [-0.39, 0.29) is 12.8 Å². The van der Waals surface area contributed by atoms with E-state index < -0.39 is 35.1 Å². The maximum atomic E-state index is 12.1. The van der Waals surface area contributed by atoms with Gasteiger partial charge in [-0.05, 0) is 41.5 Å². The van der Waals surface area contributed by atoms with Crippen molar-refractivity contribution in [2.75, 3.05) is 0 Å². The van der Waals surface area contributed by atoms with E-state index in [2.05, 4.69) is 11.2 Å². The number of amides is 1. The molecule has 0 heterocycles. The van der Waals surface area contributed by atoms with Crippen molar-refractivity contribution in [2.24, 2.45) is 0 Å². The number of carbonyl (C=O) groups excluding carboxylic acids is 3. The molecule has 0 spiro atoms. The highest BCUT2D eigenvalue weighted by atomic mass is 16.6. The minimum Gasteiger partial charge on any atom is -0.460 e. The number of rotatable bonds is 5. The fourth-order valence-corrected chi connectivity index (χ4v) is 1.45. The third kappa shape index (κ3) is 9.81. The Morgan fingerprint density at radius 3 is 1.95 bits per heavy atom. The van der Waals surface area contributed by atoms with Crippen molar-refractivity contribution in [3.05, 3.63) is 0 Å². The molecule has 124 valence electrons. The summed E-state index contributed by atoms with van der Waals surface area (Å²) in [5, 5.41) is 2.40. The highest BCUT2D eigenvalue weighted by Gasteiger charge is 2.30. The standard InChI is InChI=1S/C16H25NO5/c1-8-9-12(18)17-11(14(20)22-16(5,6)7)10-13(19)21-15(2,3)4/h1,11H,9-10H2,2-7H3,(H,17,18). The lowest BCUT2D eigenvalue weighted by Gasteiger charge is -2.25. The molecule has 6 heteroatoms. The molecule has 0 fully saturated rings. The van der Waals surface area contributed by atoms with Crippen LogP contribution in [0.3, 0.4) is 0 Å². The number of hydrogen-bond acceptors (Lipinski definition) is 5. The Kier molecular flexibility index (Phi) is 7.11. The number of esters is 2. The van der Waals surface area contributed by atoms with Gasteiger partial charge >= 0.3 is 11.9 Å². The molecule has 6 nitrogen and oxygen atoms in total. The molecule has 1 unspecified atom stereocenters. The van der Waals surface area contributed by atoms with Crippen LogP contribution in [-0.4, -0.2) is 35.1 Å². The molecule has 0 bridgehead atoms. The van der Waals surface area contributed by atoms with E-state index in [1.807, 2.05) is 0 Å². The minimum atomic E-state index is -1.13. The maximum absolute atomic E-state index is 12.1. The lowest BCUT2D eigenvalue weighted by atomic mass is 10.1. The average molecular weight is 311 g/mol. The van der Waals surface area contributed by atoms with Gasteiger partial charge in [-0.2, -0.15) is 0 Å². The van der Waals surface area contributed by atoms with Crippen molar-refractivity contribution in [2.45, 2.75) is 71.6 Å². The Balaban J connectivity index is 4.94. The van der Waals surface area contributed by atoms with Gasteiger partial charge in [-0.15, -0.1) is 6.42 Å². The van der Waals surface area contributed by atoms with E-state index in [1.54, 1.807) is 41.5 Å². The molecule has 0 aliphatic heterocycles. The third-order valence-electron chi connectivity index (χ3n) is 2.08. The fraction of sp³-hybridized carbons (Fsp3) is 0.688. The molecule has 0 radical (unpaired) electrons. The summed E-state index contributed by atoms with van der Waals surface area (Å²) >= 11 is 0. The Hall–Kier alpha value is -2.03. The Bertz CT molecular complexity index is 462. The first-order chi connectivity index (χ1) is 9.84. The molecule has 0 aliphatic rings. The molecule has 1 atom stereocenters. The molecule has 0 saturated heterocycles. The van der Waals surface area contributed by atoms with E-state index in [4.69, 9.17) is 15.9 Å². The Morgan fingerprint density at radius 2 is 1.55 bits per heavy atom. The second-order valence-electron chi connectivity index (χ2n) is 6.83. The first kappa shape index (κ1) is 20.0. The van der Waals surface area contributed by atoms with Crippen LogP contribution in [-0.2, 0) is 23.9 Å². The molecule has 1 amide bonds. The molecule has 0 rings (SSSR count). The molecule has 0 aromatic heterocycles. The van der Waals surface area contributed by atoms with Gasteiger partial charge in [-0.25, -0.2) is 4.79 Å². The summed E-state index contributed by atoms with van der Waals surface area (Å²) in [6, 6.07) is -1.13. The van der Waals surface area contributed by atoms with Crippen molar-refractivity contribution in [3.63, 3.8) is 0 Å². The first-order valence-corrected chi connectivity index (χ1v) is 7.01. The largest absolute Gasteiger partial charge is 0.460 e. The zero-order valence-electron chi connectivity index (χ0n) is 14.1. The predicted octanol–water partition coefficient (Wildman–Crippen LogP) is 1.57. The van der Waals surface area contributed by atoms with E-state index >= 15 is 0 Å². The van der Waals surface area contributed by atoms with E-state index in [9.17, 15) is 14.4 Å². The topological polar surface area (TPSA) is 81.7 Å². The van der Waals surface area contributed by atoms with Crippen LogP contribution in [0.5, 0.6) is 0 Å². The van der Waals surface area contributed by atoms with Crippen LogP contribution < -0.4 is 5.32 Å².